The van der Waals surface area contributed by atoms with E-state index in [1.807, 2.05) is 30.3 Å². The van der Waals surface area contributed by atoms with Crippen molar-refractivity contribution in [2.75, 3.05) is 13.2 Å². The summed E-state index contributed by atoms with van der Waals surface area (Å²) in [6.07, 6.45) is 10.0. The molecule has 0 aromatic heterocycles. The second-order valence-electron chi connectivity index (χ2n) is 5.75. The number of alkyl carbamates (subject to hydrolysis) is 1. The molecule has 0 saturated heterocycles. The lowest BCUT2D eigenvalue weighted by Gasteiger charge is -2.17. The third-order valence-corrected chi connectivity index (χ3v) is 3.64. The van der Waals surface area contributed by atoms with Gasteiger partial charge in [-0.1, -0.05) is 68.9 Å². The quantitative estimate of drug-likeness (QED) is 0.379. The summed E-state index contributed by atoms with van der Waals surface area (Å²) in [5.74, 6) is 1.75. The van der Waals surface area contributed by atoms with E-state index in [2.05, 4.69) is 18.2 Å². The minimum atomic E-state index is -0.802. The van der Waals surface area contributed by atoms with Crippen molar-refractivity contribution in [2.45, 2.75) is 51.5 Å². The van der Waals surface area contributed by atoms with E-state index in [9.17, 15) is 9.59 Å². The predicted molar refractivity (Wildman–Crippen MR) is 97.0 cm³/mol. The topological polar surface area (TPSA) is 64.6 Å². The third kappa shape index (κ3) is 9.41. The first-order valence-corrected chi connectivity index (χ1v) is 8.74. The highest BCUT2D eigenvalue weighted by molar-refractivity contribution is 5.81. The summed E-state index contributed by atoms with van der Waals surface area (Å²) in [4.78, 5) is 24.0. The van der Waals surface area contributed by atoms with E-state index in [-0.39, 0.29) is 6.61 Å². The number of hydrogen-bond acceptors (Lipinski definition) is 4. The van der Waals surface area contributed by atoms with Crippen molar-refractivity contribution in [3.05, 3.63) is 35.9 Å². The zero-order chi connectivity index (χ0) is 18.3. The van der Waals surface area contributed by atoms with E-state index in [4.69, 9.17) is 15.9 Å². The molecular formula is C20H27NO4. The van der Waals surface area contributed by atoms with Crippen molar-refractivity contribution >= 4 is 12.1 Å². The van der Waals surface area contributed by atoms with Crippen molar-refractivity contribution in [3.63, 3.8) is 0 Å². The molecule has 0 aliphatic carbocycles. The van der Waals surface area contributed by atoms with Gasteiger partial charge in [0, 0.05) is 6.42 Å². The van der Waals surface area contributed by atoms with Crippen LogP contribution in [0.5, 0.6) is 0 Å². The summed E-state index contributed by atoms with van der Waals surface area (Å²) in [6.45, 7) is 2.37. The molecule has 25 heavy (non-hydrogen) atoms. The predicted octanol–water partition coefficient (Wildman–Crippen LogP) is 3.47. The van der Waals surface area contributed by atoms with Gasteiger partial charge in [0.05, 0.1) is 6.61 Å². The van der Waals surface area contributed by atoms with Crippen LogP contribution in [0.25, 0.3) is 0 Å². The lowest BCUT2D eigenvalue weighted by molar-refractivity contribution is -0.146. The first-order chi connectivity index (χ1) is 12.2. The molecule has 1 amide bonds. The van der Waals surface area contributed by atoms with E-state index < -0.39 is 18.1 Å². The van der Waals surface area contributed by atoms with Gasteiger partial charge in [-0.15, -0.1) is 6.42 Å². The first kappa shape index (κ1) is 20.6. The van der Waals surface area contributed by atoms with Crippen LogP contribution in [0.2, 0.25) is 0 Å². The number of nitrogens with one attached hydrogen (secondary N) is 1. The highest BCUT2D eigenvalue weighted by atomic mass is 16.6. The van der Waals surface area contributed by atoms with E-state index in [0.717, 1.165) is 24.8 Å². The summed E-state index contributed by atoms with van der Waals surface area (Å²) in [5, 5.41) is 2.53. The number of rotatable bonds is 11. The molecule has 1 atom stereocenters. The van der Waals surface area contributed by atoms with Gasteiger partial charge in [-0.2, -0.15) is 0 Å². The van der Waals surface area contributed by atoms with Gasteiger partial charge in [-0.05, 0) is 12.0 Å². The molecule has 0 aliphatic heterocycles. The van der Waals surface area contributed by atoms with Crippen molar-refractivity contribution in [1.29, 1.82) is 0 Å². The van der Waals surface area contributed by atoms with Crippen LogP contribution in [0.1, 0.15) is 44.6 Å². The molecule has 1 aromatic carbocycles. The molecule has 1 N–H and O–H groups in total. The van der Waals surface area contributed by atoms with Gasteiger partial charge in [0.15, 0.2) is 6.61 Å². The number of amides is 1. The van der Waals surface area contributed by atoms with Crippen LogP contribution < -0.4 is 5.32 Å². The van der Waals surface area contributed by atoms with Crippen LogP contribution in [-0.2, 0) is 20.7 Å². The van der Waals surface area contributed by atoms with E-state index in [1.54, 1.807) is 0 Å². The highest BCUT2D eigenvalue weighted by Gasteiger charge is 2.23. The van der Waals surface area contributed by atoms with Crippen molar-refractivity contribution in [2.24, 2.45) is 0 Å². The molecule has 1 aromatic rings. The smallest absolute Gasteiger partial charge is 0.408 e. The van der Waals surface area contributed by atoms with Gasteiger partial charge in [-0.3, -0.25) is 0 Å². The summed E-state index contributed by atoms with van der Waals surface area (Å²) < 4.78 is 10.1. The van der Waals surface area contributed by atoms with Gasteiger partial charge >= 0.3 is 12.1 Å². The molecule has 0 bridgehead atoms. The number of benzene rings is 1. The number of esters is 1. The van der Waals surface area contributed by atoms with Crippen LogP contribution in [0.15, 0.2) is 30.3 Å². The molecule has 0 aliphatic rings. The summed E-state index contributed by atoms with van der Waals surface area (Å²) in [6, 6.07) is 8.62. The Morgan fingerprint density at radius 1 is 1.12 bits per heavy atom. The minimum absolute atomic E-state index is 0.142. The standard InChI is InChI=1S/C20H27NO4/c1-3-5-6-7-11-15-24-19(22)18(21-20(23)25-14-4-2)16-17-12-9-8-10-13-17/h2,8-10,12-13,18H,3,5-7,11,14-16H2,1H3,(H,21,23). The van der Waals surface area contributed by atoms with Crippen molar-refractivity contribution in [1.82, 2.24) is 5.32 Å². The normalized spacial score (nSPS) is 11.2. The molecule has 0 radical (unpaired) electrons. The Labute approximate surface area is 150 Å². The van der Waals surface area contributed by atoms with Crippen molar-refractivity contribution < 1.29 is 19.1 Å². The second-order valence-corrected chi connectivity index (χ2v) is 5.75. The minimum Gasteiger partial charge on any atom is -0.464 e. The Morgan fingerprint density at radius 3 is 2.52 bits per heavy atom. The Kier molecular flexibility index (Phi) is 10.6. The van der Waals surface area contributed by atoms with E-state index in [1.165, 1.54) is 12.8 Å². The average molecular weight is 345 g/mol. The average Bonchev–Trinajstić information content (AvgIpc) is 2.63. The van der Waals surface area contributed by atoms with Crippen LogP contribution >= 0.6 is 0 Å². The fraction of sp³-hybridized carbons (Fsp3) is 0.500. The monoisotopic (exact) mass is 345 g/mol. The number of hydrogen-bond donors (Lipinski definition) is 1. The van der Waals surface area contributed by atoms with Crippen LogP contribution in [-0.4, -0.2) is 31.3 Å². The van der Waals surface area contributed by atoms with Gasteiger partial charge in [-0.25, -0.2) is 9.59 Å². The van der Waals surface area contributed by atoms with Crippen LogP contribution in [0.3, 0.4) is 0 Å². The fourth-order valence-corrected chi connectivity index (χ4v) is 2.31. The zero-order valence-corrected chi connectivity index (χ0v) is 14.8. The van der Waals surface area contributed by atoms with Crippen LogP contribution in [0.4, 0.5) is 4.79 Å². The molecule has 136 valence electrons. The van der Waals surface area contributed by atoms with Gasteiger partial charge in [0.25, 0.3) is 0 Å². The Hall–Kier alpha value is -2.48. The van der Waals surface area contributed by atoms with E-state index in [0.29, 0.717) is 13.0 Å². The number of terminal acetylenes is 1. The largest absolute Gasteiger partial charge is 0.464 e. The molecule has 1 unspecified atom stereocenters. The molecule has 0 spiro atoms. The first-order valence-electron chi connectivity index (χ1n) is 8.74. The Balaban J connectivity index is 2.52. The second kappa shape index (κ2) is 12.9. The van der Waals surface area contributed by atoms with Gasteiger partial charge in [0.1, 0.15) is 6.04 Å². The molecule has 0 fully saturated rings. The summed E-state index contributed by atoms with van der Waals surface area (Å²) in [7, 11) is 0. The number of unbranched alkanes of at least 4 members (excludes halogenated alkanes) is 4. The SMILES string of the molecule is C#CCOC(=O)NC(Cc1ccccc1)C(=O)OCCCCCCC. The molecular weight excluding hydrogens is 318 g/mol. The molecule has 0 heterocycles. The maximum absolute atomic E-state index is 12.3. The number of carbonyl (C=O) groups excluding carboxylic acids is 2. The molecule has 5 heteroatoms. The fourth-order valence-electron chi connectivity index (χ4n) is 2.31. The Bertz CT molecular complexity index is 551. The van der Waals surface area contributed by atoms with Crippen LogP contribution in [0, 0.1) is 12.3 Å². The molecule has 0 saturated carbocycles. The lowest BCUT2D eigenvalue weighted by atomic mass is 10.1. The van der Waals surface area contributed by atoms with Gasteiger partial charge in [0.2, 0.25) is 0 Å². The lowest BCUT2D eigenvalue weighted by Crippen LogP contribution is -2.43. The van der Waals surface area contributed by atoms with Gasteiger partial charge < -0.3 is 14.8 Å². The molecule has 5 nitrogen and oxygen atoms in total. The summed E-state index contributed by atoms with van der Waals surface area (Å²) >= 11 is 0. The number of ether oxygens (including phenoxy) is 2. The van der Waals surface area contributed by atoms with E-state index >= 15 is 0 Å². The maximum atomic E-state index is 12.3. The Morgan fingerprint density at radius 2 is 1.84 bits per heavy atom. The third-order valence-electron chi connectivity index (χ3n) is 3.64. The maximum Gasteiger partial charge on any atom is 0.408 e. The highest BCUT2D eigenvalue weighted by Crippen LogP contribution is 2.07. The zero-order valence-electron chi connectivity index (χ0n) is 14.8. The number of carbonyl (C=O) groups is 2. The molecule has 1 rings (SSSR count). The summed E-state index contributed by atoms with van der Waals surface area (Å²) in [5.41, 5.74) is 0.921. The van der Waals surface area contributed by atoms with Crippen molar-refractivity contribution in [3.8, 4) is 12.3 Å².